The van der Waals surface area contributed by atoms with Crippen LogP contribution in [0.5, 0.6) is 5.75 Å². The van der Waals surface area contributed by atoms with Crippen LogP contribution in [0.1, 0.15) is 126 Å². The van der Waals surface area contributed by atoms with Crippen LogP contribution in [0.25, 0.3) is 0 Å². The molecule has 2 heterocycles. The highest BCUT2D eigenvalue weighted by Crippen LogP contribution is 2.34. The van der Waals surface area contributed by atoms with Gasteiger partial charge in [0.05, 0.1) is 56.4 Å². The number of carbonyl (C=O) groups is 3. The molecule has 0 spiro atoms. The first kappa shape index (κ1) is 61.4. The Hall–Kier alpha value is -4.18. The Balaban J connectivity index is 0.000000345. The van der Waals surface area contributed by atoms with Crippen molar-refractivity contribution >= 4 is 34.4 Å². The second-order valence-corrected chi connectivity index (χ2v) is 34.5. The molecule has 14 heteroatoms. The van der Waals surface area contributed by atoms with Crippen molar-refractivity contribution in [3.8, 4) is 17.6 Å². The van der Waals surface area contributed by atoms with Crippen LogP contribution in [0.4, 0.5) is 0 Å². The van der Waals surface area contributed by atoms with Crippen LogP contribution < -0.4 is 4.74 Å². The molecule has 3 aromatic carbocycles. The lowest BCUT2D eigenvalue weighted by molar-refractivity contribution is -0.152. The van der Waals surface area contributed by atoms with E-state index in [1.165, 1.54) is 0 Å². The van der Waals surface area contributed by atoms with Gasteiger partial charge in [0.25, 0.3) is 0 Å². The van der Waals surface area contributed by atoms with Crippen molar-refractivity contribution in [2.24, 2.45) is 0 Å². The van der Waals surface area contributed by atoms with Gasteiger partial charge in [0.1, 0.15) is 24.1 Å². The number of rotatable bonds is 23. The Labute approximate surface area is 439 Å². The van der Waals surface area contributed by atoms with Crippen molar-refractivity contribution in [3.63, 3.8) is 0 Å². The molecule has 2 aliphatic rings. The van der Waals surface area contributed by atoms with Gasteiger partial charge in [-0.15, -0.1) is 0 Å². The number of methoxy groups -OCH3 is 1. The number of hydrogen-bond donors (Lipinski definition) is 1. The van der Waals surface area contributed by atoms with Gasteiger partial charge in [0.15, 0.2) is 17.9 Å². The van der Waals surface area contributed by atoms with E-state index in [1.807, 2.05) is 98.7 Å². The molecule has 1 N–H and O–H groups in total. The van der Waals surface area contributed by atoms with Crippen LogP contribution in [0.2, 0.25) is 51.4 Å². The minimum atomic E-state index is -1.30. The average molecular weight is 1050 g/mol. The van der Waals surface area contributed by atoms with E-state index in [1.54, 1.807) is 7.11 Å². The molecule has 2 fully saturated rings. The van der Waals surface area contributed by atoms with Gasteiger partial charge < -0.3 is 47.8 Å². The first-order valence-electron chi connectivity index (χ1n) is 26.2. The quantitative estimate of drug-likeness (QED) is 0.0417. The van der Waals surface area contributed by atoms with Gasteiger partial charge in [-0.1, -0.05) is 98.6 Å². The molecule has 0 radical (unpaired) electrons. The largest absolute Gasteiger partial charge is 0.497 e. The summed E-state index contributed by atoms with van der Waals surface area (Å²) in [4.78, 5) is 37.2. The molecule has 12 nitrogen and oxygen atoms in total. The molecule has 2 aliphatic heterocycles. The van der Waals surface area contributed by atoms with Crippen LogP contribution in [0.15, 0.2) is 48.5 Å². The molecule has 5 rings (SSSR count). The number of hydrogen-bond acceptors (Lipinski definition) is 12. The lowest BCUT2D eigenvalue weighted by atomic mass is 9.93. The van der Waals surface area contributed by atoms with Gasteiger partial charge in [-0.2, -0.15) is 0 Å². The Bertz CT molecular complexity index is 2340. The Morgan fingerprint density at radius 2 is 1.21 bits per heavy atom. The number of aliphatic hydroxyl groups is 1. The van der Waals surface area contributed by atoms with Gasteiger partial charge in [-0.25, -0.2) is 9.59 Å². The number of benzene rings is 3. The number of aldehydes is 1. The predicted octanol–water partition coefficient (Wildman–Crippen LogP) is 11.8. The highest BCUT2D eigenvalue weighted by molar-refractivity contribution is 6.76. The summed E-state index contributed by atoms with van der Waals surface area (Å²) in [5, 5.41) is 11.0. The Kier molecular flexibility index (Phi) is 23.2. The minimum absolute atomic E-state index is 0.0982. The maximum absolute atomic E-state index is 13.1. The number of aryl methyl sites for hydroxylation is 6. The fourth-order valence-corrected chi connectivity index (χ4v) is 10.5. The normalized spacial score (nSPS) is 20.0. The highest BCUT2D eigenvalue weighted by atomic mass is 28.3. The summed E-state index contributed by atoms with van der Waals surface area (Å²) in [6, 6.07) is 17.9. The summed E-state index contributed by atoms with van der Waals surface area (Å²) >= 11 is 0. The topological polar surface area (TPSA) is 145 Å². The molecule has 0 aliphatic carbocycles. The van der Waals surface area contributed by atoms with Crippen molar-refractivity contribution in [2.45, 2.75) is 213 Å². The summed E-state index contributed by atoms with van der Waals surface area (Å²) in [5.74, 6) is 4.81. The third kappa shape index (κ3) is 20.8. The van der Waals surface area contributed by atoms with Crippen LogP contribution in [-0.2, 0) is 57.4 Å². The number of esters is 2. The zero-order chi connectivity index (χ0) is 54.3. The van der Waals surface area contributed by atoms with E-state index in [9.17, 15) is 19.5 Å². The third-order valence-electron chi connectivity index (χ3n) is 12.8. The predicted molar refractivity (Wildman–Crippen MR) is 294 cm³/mol. The van der Waals surface area contributed by atoms with Crippen LogP contribution in [-0.4, -0.2) is 108 Å². The molecular weight excluding hydrogens is 957 g/mol. The average Bonchev–Trinajstić information content (AvgIpc) is 3.76. The van der Waals surface area contributed by atoms with Crippen LogP contribution in [0, 0.1) is 39.5 Å². The summed E-state index contributed by atoms with van der Waals surface area (Å²) in [6.07, 6.45) is 2.87. The minimum Gasteiger partial charge on any atom is -0.497 e. The fourth-order valence-electron chi connectivity index (χ4n) is 9.09. The van der Waals surface area contributed by atoms with Gasteiger partial charge in [0, 0.05) is 22.6 Å². The van der Waals surface area contributed by atoms with Crippen molar-refractivity contribution in [1.82, 2.24) is 0 Å². The van der Waals surface area contributed by atoms with Crippen molar-refractivity contribution < 1.29 is 57.4 Å². The molecule has 73 heavy (non-hydrogen) atoms. The van der Waals surface area contributed by atoms with Crippen molar-refractivity contribution in [3.05, 3.63) is 98.6 Å². The SMILES string of the molecule is COc1ccc(COC(C)CC#CC(O)C2OC(C)(C)O[C@H]2CCCc2cc(C)cc(C)c2C(=O)OCC[Si](C)(C)C)cc1.Cc1cc(C)c(C(=O)OCC[Si](C)(C)C)c(CCC[C@@H]2OC(C)(C)OC2C=O)c1. The maximum Gasteiger partial charge on any atom is 0.338 e. The lowest BCUT2D eigenvalue weighted by Crippen LogP contribution is -2.34. The standard InChI is InChI=1S/C36H52O7Si.C23H36O5Si/c1-25-22-26(2)33(35(38)40-20-21-44(7,8)9)29(23-25)13-11-15-32-34(43-36(4,5)42-32)31(37)14-10-12-27(3)41-24-28-16-18-30(39-6)19-17-28;1-16-13-17(2)21(22(25)26-11-12-29(5,6)7)18(14-16)9-8-10-19-20(15-24)28-23(3,4)27-19/h16-19,22-23,27,31-32,34,37H,11-13,15,20-21,24H2,1-9H3;13-15,19-20H,8-12H2,1-7H3/t27?,31?,32-,34?;19-,20?/m00/s1. The molecule has 3 aromatic rings. The van der Waals surface area contributed by atoms with Gasteiger partial charge in [-0.3, -0.25) is 0 Å². The fraction of sp³-hybridized carbons (Fsp3) is 0.610. The smallest absolute Gasteiger partial charge is 0.338 e. The maximum atomic E-state index is 13.1. The van der Waals surface area contributed by atoms with Crippen molar-refractivity contribution in [1.29, 1.82) is 0 Å². The summed E-state index contributed by atoms with van der Waals surface area (Å²) in [6.45, 7) is 32.4. The molecule has 4 unspecified atom stereocenters. The van der Waals surface area contributed by atoms with Crippen LogP contribution >= 0.6 is 0 Å². The van der Waals surface area contributed by atoms with E-state index >= 15 is 0 Å². The molecule has 2 saturated heterocycles. The molecule has 0 bridgehead atoms. The zero-order valence-corrected chi connectivity index (χ0v) is 49.1. The van der Waals surface area contributed by atoms with Gasteiger partial charge in [0.2, 0.25) is 0 Å². The van der Waals surface area contributed by atoms with E-state index in [-0.39, 0.29) is 30.3 Å². The summed E-state index contributed by atoms with van der Waals surface area (Å²) < 4.78 is 46.2. The van der Waals surface area contributed by atoms with E-state index in [2.05, 4.69) is 63.3 Å². The van der Waals surface area contributed by atoms with Gasteiger partial charge in [-0.05, 0) is 153 Å². The Morgan fingerprint density at radius 3 is 1.68 bits per heavy atom. The monoisotopic (exact) mass is 1040 g/mol. The second kappa shape index (κ2) is 27.6. The van der Waals surface area contributed by atoms with E-state index in [0.717, 1.165) is 82.3 Å². The number of aliphatic hydroxyl groups excluding tert-OH is 1. The second-order valence-electron chi connectivity index (χ2n) is 23.3. The molecule has 0 aromatic heterocycles. The van der Waals surface area contributed by atoms with Gasteiger partial charge >= 0.3 is 11.9 Å². The van der Waals surface area contributed by atoms with E-state index in [0.29, 0.717) is 56.6 Å². The number of ether oxygens (including phenoxy) is 8. The first-order chi connectivity index (χ1) is 34.1. The Morgan fingerprint density at radius 1 is 0.726 bits per heavy atom. The number of carbonyl (C=O) groups excluding carboxylic acids is 3. The van der Waals surface area contributed by atoms with Crippen molar-refractivity contribution in [2.75, 3.05) is 20.3 Å². The zero-order valence-electron chi connectivity index (χ0n) is 47.1. The molecule has 0 amide bonds. The molecule has 0 saturated carbocycles. The molecule has 6 atom stereocenters. The third-order valence-corrected chi connectivity index (χ3v) is 16.2. The first-order valence-corrected chi connectivity index (χ1v) is 33.6. The van der Waals surface area contributed by atoms with E-state index in [4.69, 9.17) is 37.9 Å². The summed E-state index contributed by atoms with van der Waals surface area (Å²) in [5.41, 5.74) is 8.52. The summed E-state index contributed by atoms with van der Waals surface area (Å²) in [7, 11) is -0.909. The molecule has 404 valence electrons. The highest BCUT2D eigenvalue weighted by Gasteiger charge is 2.44. The lowest BCUT2D eigenvalue weighted by Gasteiger charge is -2.20. The van der Waals surface area contributed by atoms with Crippen LogP contribution in [0.3, 0.4) is 0 Å². The molecular formula is C59H88O12Si2. The van der Waals surface area contributed by atoms with E-state index < -0.39 is 46.0 Å².